The Morgan fingerprint density at radius 3 is 2.78 bits per heavy atom. The van der Waals surface area contributed by atoms with E-state index in [1.165, 1.54) is 0 Å². The van der Waals surface area contributed by atoms with Crippen molar-refractivity contribution < 1.29 is 9.53 Å². The molecule has 1 saturated heterocycles. The summed E-state index contributed by atoms with van der Waals surface area (Å²) in [5.41, 5.74) is 3.99. The summed E-state index contributed by atoms with van der Waals surface area (Å²) in [6, 6.07) is 10.6. The zero-order valence-corrected chi connectivity index (χ0v) is 17.2. The summed E-state index contributed by atoms with van der Waals surface area (Å²) in [5.74, 6) is 0.141. The molecule has 0 aliphatic carbocycles. The van der Waals surface area contributed by atoms with E-state index in [0.29, 0.717) is 32.2 Å². The molecule has 5 nitrogen and oxygen atoms in total. The quantitative estimate of drug-likeness (QED) is 0.730. The van der Waals surface area contributed by atoms with Crippen molar-refractivity contribution in [3.63, 3.8) is 0 Å². The largest absolute Gasteiger partial charge is 0.375 e. The summed E-state index contributed by atoms with van der Waals surface area (Å²) in [6.45, 7) is 10.1. The van der Waals surface area contributed by atoms with Crippen LogP contribution in [0.3, 0.4) is 0 Å². The minimum atomic E-state index is -0.0329. The zero-order chi connectivity index (χ0) is 19.2. The van der Waals surface area contributed by atoms with Crippen molar-refractivity contribution in [1.82, 2.24) is 14.8 Å². The lowest BCUT2D eigenvalue weighted by molar-refractivity contribution is -0.137. The van der Waals surface area contributed by atoms with Crippen LogP contribution in [0.2, 0.25) is 0 Å². The van der Waals surface area contributed by atoms with Gasteiger partial charge in [0.15, 0.2) is 0 Å². The van der Waals surface area contributed by atoms with E-state index in [-0.39, 0.29) is 12.0 Å². The predicted molar refractivity (Wildman–Crippen MR) is 109 cm³/mol. The summed E-state index contributed by atoms with van der Waals surface area (Å²) in [5, 5.41) is 0. The predicted octanol–water partition coefficient (Wildman–Crippen LogP) is 3.48. The highest BCUT2D eigenvalue weighted by Crippen LogP contribution is 2.19. The van der Waals surface area contributed by atoms with Crippen LogP contribution in [0.15, 0.2) is 35.8 Å². The third-order valence-corrected chi connectivity index (χ3v) is 5.97. The fraction of sp³-hybridized carbons (Fsp3) is 0.524. The standard InChI is InChI=1S/C21H29N3O2S/c1-16(2)23-9-10-26-19(13-23)11-21(25)24(12-18-7-5-4-6-8-18)14-20-17(3)22-15-27-20/h4-8,15-16,19H,9-14H2,1-3H3. The molecule has 0 saturated carbocycles. The van der Waals surface area contributed by atoms with E-state index < -0.39 is 0 Å². The second kappa shape index (κ2) is 9.44. The molecular weight excluding hydrogens is 358 g/mol. The molecule has 0 N–H and O–H groups in total. The van der Waals surface area contributed by atoms with Crippen LogP contribution in [0.4, 0.5) is 0 Å². The fourth-order valence-corrected chi connectivity index (χ4v) is 4.14. The molecule has 1 aliphatic heterocycles. The van der Waals surface area contributed by atoms with Gasteiger partial charge in [0.1, 0.15) is 0 Å². The minimum absolute atomic E-state index is 0.0329. The van der Waals surface area contributed by atoms with Crippen LogP contribution >= 0.6 is 11.3 Å². The van der Waals surface area contributed by atoms with Crippen LogP contribution in [0.25, 0.3) is 0 Å². The molecule has 0 bridgehead atoms. The van der Waals surface area contributed by atoms with Gasteiger partial charge in [-0.3, -0.25) is 9.69 Å². The Morgan fingerprint density at radius 2 is 2.11 bits per heavy atom. The first-order valence-electron chi connectivity index (χ1n) is 9.59. The number of rotatable bonds is 7. The molecular formula is C21H29N3O2S. The monoisotopic (exact) mass is 387 g/mol. The molecule has 2 heterocycles. The summed E-state index contributed by atoms with van der Waals surface area (Å²) < 4.78 is 5.89. The molecule has 2 aromatic rings. The van der Waals surface area contributed by atoms with Crippen molar-refractivity contribution in [3.05, 3.63) is 52.0 Å². The van der Waals surface area contributed by atoms with Crippen LogP contribution in [0.1, 0.15) is 36.4 Å². The number of ether oxygens (including phenoxy) is 1. The van der Waals surface area contributed by atoms with Crippen LogP contribution in [-0.4, -0.2) is 52.5 Å². The molecule has 146 valence electrons. The van der Waals surface area contributed by atoms with E-state index in [1.807, 2.05) is 35.5 Å². The van der Waals surface area contributed by atoms with E-state index in [0.717, 1.165) is 29.2 Å². The van der Waals surface area contributed by atoms with Gasteiger partial charge in [-0.2, -0.15) is 0 Å². The molecule has 0 radical (unpaired) electrons. The van der Waals surface area contributed by atoms with Gasteiger partial charge >= 0.3 is 0 Å². The highest BCUT2D eigenvalue weighted by Gasteiger charge is 2.27. The molecule has 1 atom stereocenters. The number of amides is 1. The first-order chi connectivity index (χ1) is 13.0. The molecule has 3 rings (SSSR count). The molecule has 27 heavy (non-hydrogen) atoms. The molecule has 1 aromatic carbocycles. The molecule has 1 aromatic heterocycles. The van der Waals surface area contributed by atoms with Crippen LogP contribution in [-0.2, 0) is 22.6 Å². The Kier molecular flexibility index (Phi) is 6.99. The Morgan fingerprint density at radius 1 is 1.33 bits per heavy atom. The van der Waals surface area contributed by atoms with Crippen molar-refractivity contribution in [1.29, 1.82) is 0 Å². The number of morpholine rings is 1. The summed E-state index contributed by atoms with van der Waals surface area (Å²) in [6.07, 6.45) is 0.392. The third kappa shape index (κ3) is 5.61. The topological polar surface area (TPSA) is 45.7 Å². The Labute approximate surface area is 166 Å². The third-order valence-electron chi connectivity index (χ3n) is 5.05. The number of aromatic nitrogens is 1. The minimum Gasteiger partial charge on any atom is -0.375 e. The molecule has 1 amide bonds. The Hall–Kier alpha value is -1.76. The van der Waals surface area contributed by atoms with Gasteiger partial charge in [0.25, 0.3) is 0 Å². The van der Waals surface area contributed by atoms with Gasteiger partial charge in [-0.25, -0.2) is 4.98 Å². The number of carbonyl (C=O) groups excluding carboxylic acids is 1. The first-order valence-corrected chi connectivity index (χ1v) is 10.5. The maximum Gasteiger partial charge on any atom is 0.225 e. The molecule has 6 heteroatoms. The van der Waals surface area contributed by atoms with Crippen LogP contribution < -0.4 is 0 Å². The second-order valence-corrected chi connectivity index (χ2v) is 8.32. The molecule has 1 aliphatic rings. The number of hydrogen-bond donors (Lipinski definition) is 0. The Bertz CT molecular complexity index is 732. The van der Waals surface area contributed by atoms with Gasteiger partial charge < -0.3 is 9.64 Å². The lowest BCUT2D eigenvalue weighted by atomic mass is 10.1. The van der Waals surface area contributed by atoms with Crippen molar-refractivity contribution in [2.24, 2.45) is 0 Å². The SMILES string of the molecule is Cc1ncsc1CN(Cc1ccccc1)C(=O)CC1CN(C(C)C)CCO1. The van der Waals surface area contributed by atoms with Gasteiger partial charge in [-0.05, 0) is 26.3 Å². The van der Waals surface area contributed by atoms with Crippen molar-refractivity contribution in [2.45, 2.75) is 52.4 Å². The lowest BCUT2D eigenvalue weighted by Crippen LogP contribution is -2.47. The number of carbonyl (C=O) groups is 1. The average molecular weight is 388 g/mol. The number of hydrogen-bond acceptors (Lipinski definition) is 5. The van der Waals surface area contributed by atoms with Gasteiger partial charge in [-0.1, -0.05) is 30.3 Å². The summed E-state index contributed by atoms with van der Waals surface area (Å²) in [7, 11) is 0. The second-order valence-electron chi connectivity index (χ2n) is 7.38. The lowest BCUT2D eigenvalue weighted by Gasteiger charge is -2.36. The molecule has 1 unspecified atom stereocenters. The molecule has 1 fully saturated rings. The number of thiazole rings is 1. The van der Waals surface area contributed by atoms with Gasteiger partial charge in [0.2, 0.25) is 5.91 Å². The zero-order valence-electron chi connectivity index (χ0n) is 16.4. The van der Waals surface area contributed by atoms with E-state index in [1.54, 1.807) is 11.3 Å². The van der Waals surface area contributed by atoms with Gasteiger partial charge in [0.05, 0.1) is 36.9 Å². The normalized spacial score (nSPS) is 18.0. The van der Waals surface area contributed by atoms with Crippen LogP contribution in [0, 0.1) is 6.92 Å². The van der Waals surface area contributed by atoms with E-state index in [2.05, 4.69) is 35.9 Å². The Balaban J connectivity index is 1.69. The maximum absolute atomic E-state index is 13.1. The van der Waals surface area contributed by atoms with Crippen LogP contribution in [0.5, 0.6) is 0 Å². The number of nitrogens with zero attached hydrogens (tertiary/aromatic N) is 3. The fourth-order valence-electron chi connectivity index (χ4n) is 3.35. The highest BCUT2D eigenvalue weighted by atomic mass is 32.1. The van der Waals surface area contributed by atoms with Crippen molar-refractivity contribution >= 4 is 17.2 Å². The van der Waals surface area contributed by atoms with E-state index in [4.69, 9.17) is 4.74 Å². The molecule has 0 spiro atoms. The van der Waals surface area contributed by atoms with Gasteiger partial charge in [-0.15, -0.1) is 11.3 Å². The van der Waals surface area contributed by atoms with Gasteiger partial charge in [0, 0.05) is 30.6 Å². The maximum atomic E-state index is 13.1. The summed E-state index contributed by atoms with van der Waals surface area (Å²) in [4.78, 5) is 22.9. The average Bonchev–Trinajstić information content (AvgIpc) is 3.07. The number of aryl methyl sites for hydroxylation is 1. The van der Waals surface area contributed by atoms with E-state index >= 15 is 0 Å². The first kappa shape index (κ1) is 20.0. The summed E-state index contributed by atoms with van der Waals surface area (Å²) >= 11 is 1.61. The van der Waals surface area contributed by atoms with Crippen molar-refractivity contribution in [2.75, 3.05) is 19.7 Å². The smallest absolute Gasteiger partial charge is 0.225 e. The van der Waals surface area contributed by atoms with E-state index in [9.17, 15) is 4.79 Å². The number of benzene rings is 1. The highest BCUT2D eigenvalue weighted by molar-refractivity contribution is 7.09. The van der Waals surface area contributed by atoms with Crippen molar-refractivity contribution in [3.8, 4) is 0 Å².